The minimum atomic E-state index is -0.646. The van der Waals surface area contributed by atoms with Crippen molar-refractivity contribution in [2.75, 3.05) is 26.2 Å². The molecule has 1 aliphatic heterocycles. The molecular formula is C21H29BrN4O5. The van der Waals surface area contributed by atoms with Crippen molar-refractivity contribution in [2.45, 2.75) is 45.3 Å². The topological polar surface area (TPSA) is 117 Å². The Bertz CT molecular complexity index is 807. The summed E-state index contributed by atoms with van der Waals surface area (Å²) in [5.74, 6) is -1.01. The van der Waals surface area contributed by atoms with Gasteiger partial charge in [-0.25, -0.2) is 4.79 Å². The first-order valence-electron chi connectivity index (χ1n) is 10.1. The van der Waals surface area contributed by atoms with E-state index in [4.69, 9.17) is 4.74 Å². The van der Waals surface area contributed by atoms with Gasteiger partial charge in [0.05, 0.1) is 6.54 Å². The third-order valence-electron chi connectivity index (χ3n) is 4.45. The number of benzene rings is 1. The average molecular weight is 497 g/mol. The van der Waals surface area contributed by atoms with Crippen LogP contribution in [0.2, 0.25) is 0 Å². The van der Waals surface area contributed by atoms with Crippen LogP contribution < -0.4 is 16.0 Å². The third-order valence-corrected chi connectivity index (χ3v) is 4.97. The van der Waals surface area contributed by atoms with Gasteiger partial charge in [0.25, 0.3) is 5.91 Å². The summed E-state index contributed by atoms with van der Waals surface area (Å²) in [4.78, 5) is 50.1. The van der Waals surface area contributed by atoms with Gasteiger partial charge in [-0.05, 0) is 57.9 Å². The van der Waals surface area contributed by atoms with Crippen molar-refractivity contribution in [1.29, 1.82) is 0 Å². The van der Waals surface area contributed by atoms with Gasteiger partial charge in [-0.3, -0.25) is 19.3 Å². The molecule has 0 unspecified atom stereocenters. The number of hydrogen-bond donors (Lipinski definition) is 3. The Morgan fingerprint density at radius 2 is 1.71 bits per heavy atom. The summed E-state index contributed by atoms with van der Waals surface area (Å²) in [5, 5.41) is 7.89. The van der Waals surface area contributed by atoms with Gasteiger partial charge in [0, 0.05) is 29.7 Å². The Morgan fingerprint density at radius 1 is 1.06 bits per heavy atom. The minimum Gasteiger partial charge on any atom is -0.444 e. The summed E-state index contributed by atoms with van der Waals surface area (Å²) in [6, 6.07) is 6.28. The van der Waals surface area contributed by atoms with Crippen molar-refractivity contribution in [3.63, 3.8) is 0 Å². The second kappa shape index (κ2) is 11.1. The molecule has 1 aromatic rings. The van der Waals surface area contributed by atoms with Gasteiger partial charge in [-0.15, -0.1) is 0 Å². The maximum absolute atomic E-state index is 12.4. The standard InChI is InChI=1S/C21H29BrN4O5/c1-21(2,3)31-20(30)26-12-4-5-16(26)19(29)25-13-17(27)23-10-11-24-18(28)14-6-8-15(22)9-7-14/h6-9,16H,4-5,10-13H2,1-3H3,(H,23,27)(H,24,28)(H,25,29)/t16-/m0/s1. The van der Waals surface area contributed by atoms with E-state index in [0.717, 1.165) is 4.47 Å². The fraction of sp³-hybridized carbons (Fsp3) is 0.524. The predicted molar refractivity (Wildman–Crippen MR) is 118 cm³/mol. The smallest absolute Gasteiger partial charge is 0.410 e. The van der Waals surface area contributed by atoms with E-state index >= 15 is 0 Å². The molecule has 10 heteroatoms. The highest BCUT2D eigenvalue weighted by molar-refractivity contribution is 9.10. The molecule has 0 spiro atoms. The van der Waals surface area contributed by atoms with Crippen LogP contribution in [-0.2, 0) is 14.3 Å². The lowest BCUT2D eigenvalue weighted by atomic mass is 10.2. The largest absolute Gasteiger partial charge is 0.444 e. The molecule has 1 aliphatic rings. The van der Waals surface area contributed by atoms with Crippen molar-refractivity contribution in [3.8, 4) is 0 Å². The number of halogens is 1. The highest BCUT2D eigenvalue weighted by Gasteiger charge is 2.36. The van der Waals surface area contributed by atoms with Gasteiger partial charge in [0.15, 0.2) is 0 Å². The number of carbonyl (C=O) groups is 4. The van der Waals surface area contributed by atoms with Crippen LogP contribution in [0.15, 0.2) is 28.7 Å². The number of likely N-dealkylation sites (tertiary alicyclic amines) is 1. The molecule has 0 aliphatic carbocycles. The van der Waals surface area contributed by atoms with Crippen LogP contribution >= 0.6 is 15.9 Å². The number of rotatable bonds is 7. The summed E-state index contributed by atoms with van der Waals surface area (Å²) in [5.41, 5.74) is -0.124. The van der Waals surface area contributed by atoms with Crippen LogP contribution in [0.5, 0.6) is 0 Å². The Kier molecular flexibility index (Phi) is 8.85. The number of ether oxygens (including phenoxy) is 1. The third kappa shape index (κ3) is 8.20. The van der Waals surface area contributed by atoms with E-state index in [2.05, 4.69) is 31.9 Å². The minimum absolute atomic E-state index is 0.210. The molecule has 2 rings (SSSR count). The second-order valence-corrected chi connectivity index (χ2v) is 9.08. The molecule has 1 saturated heterocycles. The molecule has 9 nitrogen and oxygen atoms in total. The van der Waals surface area contributed by atoms with Crippen molar-refractivity contribution < 1.29 is 23.9 Å². The van der Waals surface area contributed by atoms with Crippen molar-refractivity contribution in [1.82, 2.24) is 20.9 Å². The van der Waals surface area contributed by atoms with Crippen molar-refractivity contribution in [2.24, 2.45) is 0 Å². The monoisotopic (exact) mass is 496 g/mol. The van der Waals surface area contributed by atoms with E-state index in [9.17, 15) is 19.2 Å². The maximum Gasteiger partial charge on any atom is 0.410 e. The quantitative estimate of drug-likeness (QED) is 0.497. The molecule has 4 amide bonds. The first kappa shape index (κ1) is 24.6. The van der Waals surface area contributed by atoms with Gasteiger partial charge in [-0.2, -0.15) is 0 Å². The zero-order valence-corrected chi connectivity index (χ0v) is 19.6. The van der Waals surface area contributed by atoms with E-state index < -0.39 is 17.7 Å². The van der Waals surface area contributed by atoms with Gasteiger partial charge < -0.3 is 20.7 Å². The predicted octanol–water partition coefficient (Wildman–Crippen LogP) is 1.81. The number of carbonyl (C=O) groups excluding carboxylic acids is 4. The molecular weight excluding hydrogens is 468 g/mol. The van der Waals surface area contributed by atoms with Crippen molar-refractivity contribution >= 4 is 39.7 Å². The molecule has 0 aromatic heterocycles. The molecule has 0 bridgehead atoms. The van der Waals surface area contributed by atoms with Crippen LogP contribution in [0, 0.1) is 0 Å². The number of hydrogen-bond acceptors (Lipinski definition) is 5. The summed E-state index contributed by atoms with van der Waals surface area (Å²) in [6.07, 6.45) is 0.687. The number of amides is 4. The highest BCUT2D eigenvalue weighted by Crippen LogP contribution is 2.20. The summed E-state index contributed by atoms with van der Waals surface area (Å²) >= 11 is 3.31. The molecule has 1 aromatic carbocycles. The summed E-state index contributed by atoms with van der Waals surface area (Å²) < 4.78 is 6.22. The van der Waals surface area contributed by atoms with E-state index in [1.807, 2.05) is 0 Å². The van der Waals surface area contributed by atoms with Gasteiger partial charge in [0.2, 0.25) is 11.8 Å². The van der Waals surface area contributed by atoms with Crippen LogP contribution in [-0.4, -0.2) is 66.5 Å². The Balaban J connectivity index is 1.68. The average Bonchev–Trinajstić information content (AvgIpc) is 3.18. The van der Waals surface area contributed by atoms with Gasteiger partial charge >= 0.3 is 6.09 Å². The van der Waals surface area contributed by atoms with Crippen LogP contribution in [0.4, 0.5) is 4.79 Å². The van der Waals surface area contributed by atoms with Crippen LogP contribution in [0.1, 0.15) is 44.0 Å². The fourth-order valence-electron chi connectivity index (χ4n) is 3.01. The number of nitrogens with one attached hydrogen (secondary N) is 3. The number of nitrogens with zero attached hydrogens (tertiary/aromatic N) is 1. The lowest BCUT2D eigenvalue weighted by Crippen LogP contribution is -2.49. The lowest BCUT2D eigenvalue weighted by molar-refractivity contribution is -0.128. The van der Waals surface area contributed by atoms with Gasteiger partial charge in [0.1, 0.15) is 11.6 Å². The molecule has 3 N–H and O–H groups in total. The molecule has 0 saturated carbocycles. The molecule has 170 valence electrons. The van der Waals surface area contributed by atoms with Gasteiger partial charge in [-0.1, -0.05) is 15.9 Å². The van der Waals surface area contributed by atoms with E-state index in [1.54, 1.807) is 45.0 Å². The maximum atomic E-state index is 12.4. The first-order chi connectivity index (χ1) is 14.6. The highest BCUT2D eigenvalue weighted by atomic mass is 79.9. The molecule has 1 heterocycles. The zero-order chi connectivity index (χ0) is 23.0. The fourth-order valence-corrected chi connectivity index (χ4v) is 3.27. The van der Waals surface area contributed by atoms with Crippen LogP contribution in [0.25, 0.3) is 0 Å². The lowest BCUT2D eigenvalue weighted by Gasteiger charge is -2.28. The van der Waals surface area contributed by atoms with Crippen LogP contribution in [0.3, 0.4) is 0 Å². The molecule has 0 radical (unpaired) electrons. The molecule has 31 heavy (non-hydrogen) atoms. The Hall–Kier alpha value is -2.62. The SMILES string of the molecule is CC(C)(C)OC(=O)N1CCC[C@H]1C(=O)NCC(=O)NCCNC(=O)c1ccc(Br)cc1. The normalized spacial score (nSPS) is 15.9. The Morgan fingerprint density at radius 3 is 2.35 bits per heavy atom. The first-order valence-corrected chi connectivity index (χ1v) is 10.9. The van der Waals surface area contributed by atoms with E-state index in [-0.39, 0.29) is 37.4 Å². The van der Waals surface area contributed by atoms with E-state index in [0.29, 0.717) is 24.9 Å². The summed E-state index contributed by atoms with van der Waals surface area (Å²) in [7, 11) is 0. The molecule has 1 atom stereocenters. The van der Waals surface area contributed by atoms with Crippen molar-refractivity contribution in [3.05, 3.63) is 34.3 Å². The van der Waals surface area contributed by atoms with E-state index in [1.165, 1.54) is 4.90 Å². The molecule has 1 fully saturated rings. The Labute approximate surface area is 190 Å². The summed E-state index contributed by atoms with van der Waals surface area (Å²) in [6.45, 7) is 6.01. The zero-order valence-electron chi connectivity index (χ0n) is 18.0. The second-order valence-electron chi connectivity index (χ2n) is 8.16.